The Hall–Kier alpha value is -1.31. The van der Waals surface area contributed by atoms with Crippen LogP contribution in [-0.4, -0.2) is 36.1 Å². The zero-order valence-corrected chi connectivity index (χ0v) is 19.4. The first kappa shape index (κ1) is 29.7. The lowest BCUT2D eigenvalue weighted by molar-refractivity contribution is -0.148. The number of alkyl halides is 3. The van der Waals surface area contributed by atoms with Crippen LogP contribution >= 0.6 is 11.6 Å². The Morgan fingerprint density at radius 1 is 0.871 bits per heavy atom. The molecule has 0 amide bonds. The zero-order chi connectivity index (χ0) is 23.7. The Morgan fingerprint density at radius 3 is 2.03 bits per heavy atom. The molecule has 0 heterocycles. The summed E-state index contributed by atoms with van der Waals surface area (Å²) in [6.45, 7) is 3.42. The molecule has 0 aromatic carbocycles. The number of ether oxygens (including phenoxy) is 2. The summed E-state index contributed by atoms with van der Waals surface area (Å²) in [5.41, 5.74) is 0. The molecule has 0 fully saturated rings. The van der Waals surface area contributed by atoms with Gasteiger partial charge in [0.05, 0.1) is 6.61 Å². The lowest BCUT2D eigenvalue weighted by Crippen LogP contribution is -2.18. The Balaban J connectivity index is 4.17. The van der Waals surface area contributed by atoms with Gasteiger partial charge in [0.2, 0.25) is 5.24 Å². The molecule has 2 unspecified atom stereocenters. The molecule has 0 spiro atoms. The fourth-order valence-electron chi connectivity index (χ4n) is 3.40. The molecule has 0 saturated carbocycles. The fraction of sp³-hybridized carbons (Fsp3) is 0.864. The zero-order valence-electron chi connectivity index (χ0n) is 18.6. The summed E-state index contributed by atoms with van der Waals surface area (Å²) in [4.78, 5) is 34.2. The number of hydrogen-bond acceptors (Lipinski definition) is 5. The van der Waals surface area contributed by atoms with Gasteiger partial charge < -0.3 is 9.47 Å². The van der Waals surface area contributed by atoms with Gasteiger partial charge in [0.25, 0.3) is 0 Å². The largest absolute Gasteiger partial charge is 0.466 e. The predicted octanol–water partition coefficient (Wildman–Crippen LogP) is 6.50. The maximum Gasteiger partial charge on any atom is 0.389 e. The van der Waals surface area contributed by atoms with Gasteiger partial charge in [-0.05, 0) is 69.9 Å². The lowest BCUT2D eigenvalue weighted by Gasteiger charge is -2.19. The molecular formula is C22H36ClF3O5. The van der Waals surface area contributed by atoms with Crippen LogP contribution in [0.2, 0.25) is 0 Å². The number of carbonyl (C=O) groups is 3. The van der Waals surface area contributed by atoms with Crippen LogP contribution in [0.4, 0.5) is 13.2 Å². The Bertz CT molecular complexity index is 526. The van der Waals surface area contributed by atoms with E-state index in [-0.39, 0.29) is 18.3 Å². The molecule has 2 atom stereocenters. The standard InChI is InChI=1S/C22H36ClF3O5/c1-3-30-20(28)15-7-5-4-6-11-18(21(23)29)12-10-14-19(31-17(2)27)13-8-9-16-22(24,25)26/h18-19H,3-16H2,1-2H3. The van der Waals surface area contributed by atoms with Crippen LogP contribution in [-0.2, 0) is 23.9 Å². The first-order valence-electron chi connectivity index (χ1n) is 11.1. The minimum Gasteiger partial charge on any atom is -0.466 e. The van der Waals surface area contributed by atoms with Gasteiger partial charge in [0.15, 0.2) is 0 Å². The van der Waals surface area contributed by atoms with Gasteiger partial charge in [-0.15, -0.1) is 0 Å². The Morgan fingerprint density at radius 2 is 1.45 bits per heavy atom. The van der Waals surface area contributed by atoms with Crippen molar-refractivity contribution in [1.82, 2.24) is 0 Å². The molecule has 5 nitrogen and oxygen atoms in total. The summed E-state index contributed by atoms with van der Waals surface area (Å²) in [6, 6.07) is 0. The van der Waals surface area contributed by atoms with Crippen LogP contribution in [0.25, 0.3) is 0 Å². The SMILES string of the molecule is CCOC(=O)CCCCCCC(CCCC(CCCCC(F)(F)F)OC(C)=O)C(=O)Cl. The molecule has 0 aliphatic heterocycles. The van der Waals surface area contributed by atoms with Gasteiger partial charge in [-0.1, -0.05) is 19.3 Å². The Labute approximate surface area is 188 Å². The highest BCUT2D eigenvalue weighted by Crippen LogP contribution is 2.25. The van der Waals surface area contributed by atoms with Crippen LogP contribution in [0, 0.1) is 5.92 Å². The lowest BCUT2D eigenvalue weighted by atomic mass is 9.94. The van der Waals surface area contributed by atoms with Crippen molar-refractivity contribution in [2.24, 2.45) is 5.92 Å². The van der Waals surface area contributed by atoms with Crippen LogP contribution in [0.15, 0.2) is 0 Å². The molecule has 0 saturated heterocycles. The van der Waals surface area contributed by atoms with Crippen LogP contribution in [0.1, 0.15) is 97.3 Å². The molecule has 0 aliphatic rings. The molecule has 9 heteroatoms. The topological polar surface area (TPSA) is 69.7 Å². The highest BCUT2D eigenvalue weighted by atomic mass is 35.5. The van der Waals surface area contributed by atoms with Gasteiger partial charge in [0.1, 0.15) is 6.10 Å². The van der Waals surface area contributed by atoms with E-state index in [1.807, 2.05) is 0 Å². The van der Waals surface area contributed by atoms with E-state index in [1.54, 1.807) is 6.92 Å². The molecule has 0 N–H and O–H groups in total. The average Bonchev–Trinajstić information content (AvgIpc) is 2.64. The molecular weight excluding hydrogens is 437 g/mol. The molecule has 0 rings (SSSR count). The highest BCUT2D eigenvalue weighted by molar-refractivity contribution is 6.63. The number of halogens is 4. The third-order valence-electron chi connectivity index (χ3n) is 4.96. The van der Waals surface area contributed by atoms with E-state index in [1.165, 1.54) is 6.92 Å². The molecule has 31 heavy (non-hydrogen) atoms. The van der Waals surface area contributed by atoms with Gasteiger partial charge in [0, 0.05) is 25.7 Å². The quantitative estimate of drug-likeness (QED) is 0.129. The summed E-state index contributed by atoms with van der Waals surface area (Å²) >= 11 is 5.71. The van der Waals surface area contributed by atoms with E-state index in [9.17, 15) is 27.6 Å². The van der Waals surface area contributed by atoms with Crippen molar-refractivity contribution >= 4 is 28.8 Å². The summed E-state index contributed by atoms with van der Waals surface area (Å²) in [6.07, 6.45) is 1.22. The summed E-state index contributed by atoms with van der Waals surface area (Å²) in [5, 5.41) is -0.402. The van der Waals surface area contributed by atoms with E-state index >= 15 is 0 Å². The van der Waals surface area contributed by atoms with E-state index in [0.29, 0.717) is 51.6 Å². The van der Waals surface area contributed by atoms with E-state index in [4.69, 9.17) is 21.1 Å². The van der Waals surface area contributed by atoms with Gasteiger partial charge >= 0.3 is 18.1 Å². The van der Waals surface area contributed by atoms with Crippen molar-refractivity contribution in [1.29, 1.82) is 0 Å². The first-order chi connectivity index (χ1) is 14.5. The number of rotatable bonds is 18. The average molecular weight is 473 g/mol. The predicted molar refractivity (Wildman–Crippen MR) is 113 cm³/mol. The first-order valence-corrected chi connectivity index (χ1v) is 11.5. The number of hydrogen-bond donors (Lipinski definition) is 0. The van der Waals surface area contributed by atoms with Crippen molar-refractivity contribution in [3.63, 3.8) is 0 Å². The number of esters is 2. The maximum absolute atomic E-state index is 12.2. The highest BCUT2D eigenvalue weighted by Gasteiger charge is 2.26. The van der Waals surface area contributed by atoms with Gasteiger partial charge in [-0.3, -0.25) is 14.4 Å². The summed E-state index contributed by atoms with van der Waals surface area (Å²) in [5.74, 6) is -0.958. The molecule has 0 bridgehead atoms. The number of carbonyl (C=O) groups excluding carboxylic acids is 3. The van der Waals surface area contributed by atoms with E-state index in [2.05, 4.69) is 0 Å². The molecule has 0 aliphatic carbocycles. The minimum absolute atomic E-state index is 0.000220. The molecule has 0 aromatic heterocycles. The smallest absolute Gasteiger partial charge is 0.389 e. The maximum atomic E-state index is 12.2. The van der Waals surface area contributed by atoms with Crippen LogP contribution in [0.3, 0.4) is 0 Å². The van der Waals surface area contributed by atoms with Crippen LogP contribution < -0.4 is 0 Å². The van der Waals surface area contributed by atoms with Crippen LogP contribution in [0.5, 0.6) is 0 Å². The van der Waals surface area contributed by atoms with Crippen molar-refractivity contribution in [3.8, 4) is 0 Å². The Kier molecular flexibility index (Phi) is 16.5. The second-order valence-electron chi connectivity index (χ2n) is 7.78. The second-order valence-corrected chi connectivity index (χ2v) is 8.15. The van der Waals surface area contributed by atoms with Crippen molar-refractivity contribution in [3.05, 3.63) is 0 Å². The van der Waals surface area contributed by atoms with Crippen molar-refractivity contribution in [2.75, 3.05) is 6.61 Å². The third kappa shape index (κ3) is 19.1. The summed E-state index contributed by atoms with van der Waals surface area (Å²) in [7, 11) is 0. The van der Waals surface area contributed by atoms with Crippen molar-refractivity contribution in [2.45, 2.75) is 110 Å². The molecule has 0 aromatic rings. The third-order valence-corrected chi connectivity index (χ3v) is 5.27. The summed E-state index contributed by atoms with van der Waals surface area (Å²) < 4.78 is 46.8. The normalized spacial score (nSPS) is 13.5. The monoisotopic (exact) mass is 472 g/mol. The van der Waals surface area contributed by atoms with E-state index in [0.717, 1.165) is 25.7 Å². The van der Waals surface area contributed by atoms with Gasteiger partial charge in [-0.25, -0.2) is 0 Å². The fourth-order valence-corrected chi connectivity index (χ4v) is 3.62. The van der Waals surface area contributed by atoms with E-state index < -0.39 is 29.9 Å². The second kappa shape index (κ2) is 17.3. The molecule has 182 valence electrons. The minimum atomic E-state index is -4.18. The number of unbranched alkanes of at least 4 members (excludes halogenated alkanes) is 4. The molecule has 0 radical (unpaired) electrons. The van der Waals surface area contributed by atoms with Gasteiger partial charge in [-0.2, -0.15) is 13.2 Å². The van der Waals surface area contributed by atoms with Crippen molar-refractivity contribution < 1.29 is 37.0 Å².